The molecular weight excluding hydrogens is 445 g/mol. The first-order valence-corrected chi connectivity index (χ1v) is 11.9. The van der Waals surface area contributed by atoms with Crippen molar-refractivity contribution < 1.29 is 26.4 Å². The number of hydrogen-bond acceptors (Lipinski definition) is 5. The van der Waals surface area contributed by atoms with Crippen molar-refractivity contribution in [3.8, 4) is 0 Å². The van der Waals surface area contributed by atoms with Gasteiger partial charge in [-0.2, -0.15) is 13.2 Å². The van der Waals surface area contributed by atoms with Gasteiger partial charge in [0, 0.05) is 44.5 Å². The number of rotatable bonds is 3. The lowest BCUT2D eigenvalue weighted by Crippen LogP contribution is -2.49. The van der Waals surface area contributed by atoms with Crippen LogP contribution in [0, 0.1) is 6.92 Å². The van der Waals surface area contributed by atoms with Gasteiger partial charge >= 0.3 is 6.18 Å². The van der Waals surface area contributed by atoms with Crippen LogP contribution >= 0.6 is 0 Å². The molecule has 0 spiro atoms. The van der Waals surface area contributed by atoms with Gasteiger partial charge in [0.05, 0.1) is 17.0 Å². The van der Waals surface area contributed by atoms with E-state index in [0.717, 1.165) is 12.3 Å². The van der Waals surface area contributed by atoms with Gasteiger partial charge in [-0.15, -0.1) is 0 Å². The van der Waals surface area contributed by atoms with Crippen LogP contribution in [0.5, 0.6) is 0 Å². The van der Waals surface area contributed by atoms with Crippen LogP contribution in [-0.4, -0.2) is 62.7 Å². The first-order chi connectivity index (χ1) is 15.1. The Balaban J connectivity index is 1.40. The molecule has 0 bridgehead atoms. The second kappa shape index (κ2) is 8.27. The quantitative estimate of drug-likeness (QED) is 0.693. The lowest BCUT2D eigenvalue weighted by atomic mass is 10.1. The van der Waals surface area contributed by atoms with Crippen molar-refractivity contribution in [3.63, 3.8) is 0 Å². The molecule has 0 aliphatic carbocycles. The van der Waals surface area contributed by atoms with E-state index in [-0.39, 0.29) is 11.7 Å². The molecule has 2 aliphatic rings. The maximum Gasteiger partial charge on any atom is 0.417 e. The number of aromatic nitrogens is 1. The standard InChI is InChI=1S/C21H23F3N4O3S/c1-15-13-17(21(22,23)24)14-25-19(15)26-8-10-27(11-9-26)20(29)16-3-5-18(6-4-16)28-7-2-12-32(28,30)31/h3-6,13-14H,2,7-12H2,1H3. The zero-order chi connectivity index (χ0) is 23.1. The number of halogens is 3. The van der Waals surface area contributed by atoms with E-state index in [0.29, 0.717) is 61.8 Å². The van der Waals surface area contributed by atoms with Crippen molar-refractivity contribution >= 4 is 27.4 Å². The van der Waals surface area contributed by atoms with E-state index in [2.05, 4.69) is 4.98 Å². The molecule has 2 aromatic rings. The zero-order valence-electron chi connectivity index (χ0n) is 17.5. The first kappa shape index (κ1) is 22.4. The van der Waals surface area contributed by atoms with E-state index in [4.69, 9.17) is 0 Å². The van der Waals surface area contributed by atoms with Crippen molar-refractivity contribution in [2.75, 3.05) is 47.7 Å². The average molecular weight is 469 g/mol. The van der Waals surface area contributed by atoms with Crippen LogP contribution in [0.3, 0.4) is 0 Å². The summed E-state index contributed by atoms with van der Waals surface area (Å²) in [4.78, 5) is 20.4. The van der Waals surface area contributed by atoms with Crippen LogP contribution in [0.1, 0.15) is 27.9 Å². The largest absolute Gasteiger partial charge is 0.417 e. The number of carbonyl (C=O) groups excluding carboxylic acids is 1. The molecule has 11 heteroatoms. The summed E-state index contributed by atoms with van der Waals surface area (Å²) in [6.07, 6.45) is -3.02. The maximum atomic E-state index is 12.9. The van der Waals surface area contributed by atoms with Gasteiger partial charge in [-0.05, 0) is 49.2 Å². The number of hydrogen-bond donors (Lipinski definition) is 0. The summed E-state index contributed by atoms with van der Waals surface area (Å²) >= 11 is 0. The number of carbonyl (C=O) groups is 1. The Labute approximate surface area is 184 Å². The highest BCUT2D eigenvalue weighted by molar-refractivity contribution is 7.93. The van der Waals surface area contributed by atoms with Crippen LogP contribution in [0.4, 0.5) is 24.7 Å². The third kappa shape index (κ3) is 4.38. The molecule has 2 aliphatic heterocycles. The van der Waals surface area contributed by atoms with Gasteiger partial charge in [0.15, 0.2) is 0 Å². The Hall–Kier alpha value is -2.82. The monoisotopic (exact) mass is 468 g/mol. The third-order valence-corrected chi connectivity index (χ3v) is 7.62. The zero-order valence-corrected chi connectivity index (χ0v) is 18.3. The summed E-state index contributed by atoms with van der Waals surface area (Å²) in [5, 5.41) is 0. The molecule has 3 heterocycles. The predicted molar refractivity (Wildman–Crippen MR) is 114 cm³/mol. The van der Waals surface area contributed by atoms with E-state index in [1.165, 1.54) is 4.31 Å². The molecule has 1 aromatic heterocycles. The molecule has 1 amide bonds. The summed E-state index contributed by atoms with van der Waals surface area (Å²) in [7, 11) is -3.28. The van der Waals surface area contributed by atoms with Crippen LogP contribution in [0.25, 0.3) is 0 Å². The van der Waals surface area contributed by atoms with Gasteiger partial charge in [-0.3, -0.25) is 9.10 Å². The van der Waals surface area contributed by atoms with E-state index < -0.39 is 21.8 Å². The predicted octanol–water partition coefficient (Wildman–Crippen LogP) is 2.91. The van der Waals surface area contributed by atoms with Gasteiger partial charge in [0.1, 0.15) is 5.82 Å². The normalized spacial score (nSPS) is 18.8. The topological polar surface area (TPSA) is 73.8 Å². The Morgan fingerprint density at radius 3 is 2.22 bits per heavy atom. The highest BCUT2D eigenvalue weighted by Gasteiger charge is 2.32. The van der Waals surface area contributed by atoms with Crippen LogP contribution < -0.4 is 9.21 Å². The summed E-state index contributed by atoms with van der Waals surface area (Å²) in [6.45, 7) is 3.75. The molecule has 2 saturated heterocycles. The van der Waals surface area contributed by atoms with Crippen molar-refractivity contribution in [2.24, 2.45) is 0 Å². The van der Waals surface area contributed by atoms with Crippen molar-refractivity contribution in [1.82, 2.24) is 9.88 Å². The van der Waals surface area contributed by atoms with E-state index in [1.807, 2.05) is 4.90 Å². The Bertz CT molecular complexity index is 1110. The minimum atomic E-state index is -4.43. The molecule has 0 atom stereocenters. The Morgan fingerprint density at radius 1 is 1.03 bits per heavy atom. The van der Waals surface area contributed by atoms with Crippen molar-refractivity contribution in [1.29, 1.82) is 0 Å². The van der Waals surface area contributed by atoms with Gasteiger partial charge in [-0.1, -0.05) is 0 Å². The molecule has 0 saturated carbocycles. The number of aryl methyl sites for hydroxylation is 1. The number of amides is 1. The van der Waals surface area contributed by atoms with Gasteiger partial charge < -0.3 is 9.80 Å². The second-order valence-corrected chi connectivity index (χ2v) is 9.94. The lowest BCUT2D eigenvalue weighted by Gasteiger charge is -2.36. The molecule has 0 radical (unpaired) electrons. The van der Waals surface area contributed by atoms with Crippen molar-refractivity contribution in [2.45, 2.75) is 19.5 Å². The summed E-state index contributed by atoms with van der Waals surface area (Å²) < 4.78 is 64.1. The lowest BCUT2D eigenvalue weighted by molar-refractivity contribution is -0.137. The number of sulfonamides is 1. The molecule has 2 fully saturated rings. The number of alkyl halides is 3. The fraction of sp³-hybridized carbons (Fsp3) is 0.429. The minimum Gasteiger partial charge on any atom is -0.353 e. The van der Waals surface area contributed by atoms with Gasteiger partial charge in [-0.25, -0.2) is 13.4 Å². The SMILES string of the molecule is Cc1cc(C(F)(F)F)cnc1N1CCN(C(=O)c2ccc(N3CCCS3(=O)=O)cc2)CC1. The number of pyridine rings is 1. The molecular formula is C21H23F3N4O3S. The Kier molecular flexibility index (Phi) is 5.78. The third-order valence-electron chi connectivity index (χ3n) is 5.75. The summed E-state index contributed by atoms with van der Waals surface area (Å²) in [5.74, 6) is 0.449. The minimum absolute atomic E-state index is 0.130. The second-order valence-electron chi connectivity index (χ2n) is 7.93. The fourth-order valence-corrected chi connectivity index (χ4v) is 5.62. The van der Waals surface area contributed by atoms with Gasteiger partial charge in [0.2, 0.25) is 10.0 Å². The highest BCUT2D eigenvalue weighted by Crippen LogP contribution is 2.31. The van der Waals surface area contributed by atoms with Crippen LogP contribution in [-0.2, 0) is 16.2 Å². The van der Waals surface area contributed by atoms with Crippen LogP contribution in [0.2, 0.25) is 0 Å². The molecule has 1 aromatic carbocycles. The Morgan fingerprint density at radius 2 is 1.69 bits per heavy atom. The fourth-order valence-electron chi connectivity index (χ4n) is 4.06. The maximum absolute atomic E-state index is 12.9. The molecule has 0 N–H and O–H groups in total. The summed E-state index contributed by atoms with van der Waals surface area (Å²) in [6, 6.07) is 7.62. The first-order valence-electron chi connectivity index (χ1n) is 10.2. The molecule has 4 rings (SSSR count). The van der Waals surface area contributed by atoms with E-state index in [1.54, 1.807) is 36.1 Å². The number of anilines is 2. The highest BCUT2D eigenvalue weighted by atomic mass is 32.2. The average Bonchev–Trinajstić information content (AvgIpc) is 3.12. The van der Waals surface area contributed by atoms with Crippen molar-refractivity contribution in [3.05, 3.63) is 53.2 Å². The van der Waals surface area contributed by atoms with Crippen LogP contribution in [0.15, 0.2) is 36.5 Å². The smallest absolute Gasteiger partial charge is 0.353 e. The van der Waals surface area contributed by atoms with E-state index >= 15 is 0 Å². The number of nitrogens with zero attached hydrogens (tertiary/aromatic N) is 4. The number of piperazine rings is 1. The molecule has 32 heavy (non-hydrogen) atoms. The molecule has 172 valence electrons. The van der Waals surface area contributed by atoms with Gasteiger partial charge in [0.25, 0.3) is 5.91 Å². The number of benzene rings is 1. The molecule has 7 nitrogen and oxygen atoms in total. The molecule has 0 unspecified atom stereocenters. The summed E-state index contributed by atoms with van der Waals surface area (Å²) in [5.41, 5.74) is 0.667. The van der Waals surface area contributed by atoms with E-state index in [9.17, 15) is 26.4 Å².